The van der Waals surface area contributed by atoms with Crippen LogP contribution in [-0.2, 0) is 6.54 Å². The quantitative estimate of drug-likeness (QED) is 0.659. The number of methoxy groups -OCH3 is 1. The number of carbonyl (C=O) groups is 1. The fourth-order valence-electron chi connectivity index (χ4n) is 4.78. The van der Waals surface area contributed by atoms with Gasteiger partial charge in [0.05, 0.1) is 24.8 Å². The molecule has 0 bridgehead atoms. The molecule has 1 amide bonds. The molecule has 0 unspecified atom stereocenters. The summed E-state index contributed by atoms with van der Waals surface area (Å²) in [6.45, 7) is 3.94. The molecule has 0 aliphatic heterocycles. The second-order valence-electron chi connectivity index (χ2n) is 8.15. The highest BCUT2D eigenvalue weighted by Crippen LogP contribution is 2.35. The molecule has 2 aromatic heterocycles. The number of aryl methyl sites for hydroxylation is 1. The fraction of sp³-hybridized carbons (Fsp3) is 0.417. The average molecular weight is 408 g/mol. The summed E-state index contributed by atoms with van der Waals surface area (Å²) in [5.74, 6) is 0.318. The molecule has 1 saturated carbocycles. The smallest absolute Gasteiger partial charge is 0.256 e. The molecular weight excluding hydrogens is 378 g/mol. The molecule has 0 radical (unpaired) electrons. The maximum absolute atomic E-state index is 13.2. The highest BCUT2D eigenvalue weighted by molar-refractivity contribution is 6.08. The number of rotatable bonds is 5. The van der Waals surface area contributed by atoms with Crippen molar-refractivity contribution >= 4 is 16.8 Å². The van der Waals surface area contributed by atoms with Gasteiger partial charge in [-0.3, -0.25) is 9.59 Å². The minimum Gasteiger partial charge on any atom is -0.496 e. The molecule has 4 rings (SSSR count). The van der Waals surface area contributed by atoms with Crippen molar-refractivity contribution in [3.8, 4) is 5.75 Å². The summed E-state index contributed by atoms with van der Waals surface area (Å²) >= 11 is 0. The molecule has 1 aromatic carbocycles. The molecule has 3 aromatic rings. The summed E-state index contributed by atoms with van der Waals surface area (Å²) in [5.41, 5.74) is 3.69. The van der Waals surface area contributed by atoms with E-state index >= 15 is 0 Å². The minimum atomic E-state index is -0.242. The van der Waals surface area contributed by atoms with Crippen molar-refractivity contribution in [2.45, 2.75) is 58.5 Å². The van der Waals surface area contributed by atoms with Crippen molar-refractivity contribution in [3.63, 3.8) is 0 Å². The third kappa shape index (κ3) is 3.62. The summed E-state index contributed by atoms with van der Waals surface area (Å²) in [6.07, 6.45) is 6.05. The van der Waals surface area contributed by atoms with Gasteiger partial charge in [-0.2, -0.15) is 0 Å². The highest BCUT2D eigenvalue weighted by atomic mass is 16.5. The number of amides is 1. The van der Waals surface area contributed by atoms with E-state index in [1.165, 1.54) is 26.4 Å². The lowest BCUT2D eigenvalue weighted by atomic mass is 9.95. The molecular formula is C24H29N3O3. The van der Waals surface area contributed by atoms with Gasteiger partial charge in [-0.05, 0) is 38.8 Å². The summed E-state index contributed by atoms with van der Waals surface area (Å²) in [5, 5.41) is 3.91. The SMILES string of the molecule is COc1cc(C)[nH]c(=O)c1CNC(=O)c1c(C)n(C2CCCCC2)c2ccccc12. The second kappa shape index (κ2) is 8.38. The molecule has 2 N–H and O–H groups in total. The van der Waals surface area contributed by atoms with Crippen LogP contribution < -0.4 is 15.6 Å². The van der Waals surface area contributed by atoms with Crippen LogP contribution in [0, 0.1) is 13.8 Å². The van der Waals surface area contributed by atoms with Crippen LogP contribution in [0.2, 0.25) is 0 Å². The molecule has 1 aliphatic carbocycles. The van der Waals surface area contributed by atoms with E-state index < -0.39 is 0 Å². The number of aromatic amines is 1. The van der Waals surface area contributed by atoms with Gasteiger partial charge >= 0.3 is 0 Å². The first-order chi connectivity index (χ1) is 14.5. The fourth-order valence-corrected chi connectivity index (χ4v) is 4.78. The number of aromatic nitrogens is 2. The zero-order valence-corrected chi connectivity index (χ0v) is 17.9. The van der Waals surface area contributed by atoms with Gasteiger partial charge in [-0.25, -0.2) is 0 Å². The lowest BCUT2D eigenvalue weighted by molar-refractivity contribution is 0.0951. The first-order valence-corrected chi connectivity index (χ1v) is 10.7. The first-order valence-electron chi connectivity index (χ1n) is 10.7. The van der Waals surface area contributed by atoms with Crippen molar-refractivity contribution in [1.82, 2.24) is 14.9 Å². The van der Waals surface area contributed by atoms with Gasteiger partial charge in [0.1, 0.15) is 5.75 Å². The largest absolute Gasteiger partial charge is 0.496 e. The van der Waals surface area contributed by atoms with Gasteiger partial charge in [-0.1, -0.05) is 37.5 Å². The number of pyridine rings is 1. The summed E-state index contributed by atoms with van der Waals surface area (Å²) in [7, 11) is 1.53. The number of hydrogen-bond donors (Lipinski definition) is 2. The number of benzene rings is 1. The Morgan fingerprint density at radius 2 is 1.93 bits per heavy atom. The molecule has 30 heavy (non-hydrogen) atoms. The summed E-state index contributed by atoms with van der Waals surface area (Å²) < 4.78 is 7.70. The van der Waals surface area contributed by atoms with Gasteiger partial charge in [0, 0.05) is 28.3 Å². The van der Waals surface area contributed by atoms with E-state index in [1.54, 1.807) is 13.0 Å². The van der Waals surface area contributed by atoms with Crippen LogP contribution in [0.1, 0.15) is 65.5 Å². The van der Waals surface area contributed by atoms with Gasteiger partial charge in [0.15, 0.2) is 0 Å². The van der Waals surface area contributed by atoms with E-state index in [2.05, 4.69) is 20.9 Å². The van der Waals surface area contributed by atoms with Gasteiger partial charge < -0.3 is 19.6 Å². The molecule has 1 aliphatic rings. The van der Waals surface area contributed by atoms with Crippen LogP contribution in [-0.4, -0.2) is 22.6 Å². The van der Waals surface area contributed by atoms with Crippen molar-refractivity contribution in [3.05, 3.63) is 63.2 Å². The topological polar surface area (TPSA) is 76.1 Å². The third-order valence-corrected chi connectivity index (χ3v) is 6.20. The molecule has 158 valence electrons. The lowest BCUT2D eigenvalue weighted by Crippen LogP contribution is -2.28. The number of nitrogens with one attached hydrogen (secondary N) is 2. The van der Waals surface area contributed by atoms with E-state index in [4.69, 9.17) is 4.74 Å². The van der Waals surface area contributed by atoms with E-state index in [-0.39, 0.29) is 18.0 Å². The van der Waals surface area contributed by atoms with Crippen LogP contribution >= 0.6 is 0 Å². The lowest BCUT2D eigenvalue weighted by Gasteiger charge is -2.26. The molecule has 0 saturated heterocycles. The van der Waals surface area contributed by atoms with Crippen LogP contribution in [0.3, 0.4) is 0 Å². The van der Waals surface area contributed by atoms with Crippen LogP contribution in [0.4, 0.5) is 0 Å². The zero-order chi connectivity index (χ0) is 21.3. The number of hydrogen-bond acceptors (Lipinski definition) is 3. The number of nitrogens with zero attached hydrogens (tertiary/aromatic N) is 1. The zero-order valence-electron chi connectivity index (χ0n) is 17.9. The van der Waals surface area contributed by atoms with Gasteiger partial charge in [0.2, 0.25) is 0 Å². The third-order valence-electron chi connectivity index (χ3n) is 6.20. The average Bonchev–Trinajstić information content (AvgIpc) is 3.04. The predicted octanol–water partition coefficient (Wildman–Crippen LogP) is 4.39. The molecule has 6 heteroatoms. The number of H-pyrrole nitrogens is 1. The predicted molar refractivity (Wildman–Crippen MR) is 118 cm³/mol. The van der Waals surface area contributed by atoms with Crippen LogP contribution in [0.25, 0.3) is 10.9 Å². The molecule has 1 fully saturated rings. The maximum Gasteiger partial charge on any atom is 0.256 e. The van der Waals surface area contributed by atoms with E-state index in [0.29, 0.717) is 22.9 Å². The minimum absolute atomic E-state index is 0.111. The van der Waals surface area contributed by atoms with Crippen LogP contribution in [0.15, 0.2) is 35.1 Å². The highest BCUT2D eigenvalue weighted by Gasteiger charge is 2.25. The first kappa shape index (κ1) is 20.3. The normalized spacial score (nSPS) is 14.8. The van der Waals surface area contributed by atoms with Crippen molar-refractivity contribution in [1.29, 1.82) is 0 Å². The van der Waals surface area contributed by atoms with E-state index in [1.807, 2.05) is 25.1 Å². The number of fused-ring (bicyclic) bond motifs is 1. The van der Waals surface area contributed by atoms with Crippen molar-refractivity contribution in [2.24, 2.45) is 0 Å². The number of carbonyl (C=O) groups excluding carboxylic acids is 1. The Kier molecular flexibility index (Phi) is 5.66. The molecule has 6 nitrogen and oxygen atoms in total. The number of ether oxygens (including phenoxy) is 1. The Bertz CT molecular complexity index is 1140. The summed E-state index contributed by atoms with van der Waals surface area (Å²) in [6, 6.07) is 10.3. The molecule has 0 atom stereocenters. The number of para-hydroxylation sites is 1. The maximum atomic E-state index is 13.2. The van der Waals surface area contributed by atoms with Gasteiger partial charge in [-0.15, -0.1) is 0 Å². The Labute approximate surface area is 176 Å². The Morgan fingerprint density at radius 1 is 1.20 bits per heavy atom. The monoisotopic (exact) mass is 407 g/mol. The van der Waals surface area contributed by atoms with Gasteiger partial charge in [0.25, 0.3) is 11.5 Å². The Hall–Kier alpha value is -3.02. The van der Waals surface area contributed by atoms with E-state index in [9.17, 15) is 9.59 Å². The van der Waals surface area contributed by atoms with Crippen molar-refractivity contribution < 1.29 is 9.53 Å². The summed E-state index contributed by atoms with van der Waals surface area (Å²) in [4.78, 5) is 28.4. The van der Waals surface area contributed by atoms with E-state index in [0.717, 1.165) is 35.1 Å². The second-order valence-corrected chi connectivity index (χ2v) is 8.15. The Balaban J connectivity index is 1.68. The Morgan fingerprint density at radius 3 is 2.67 bits per heavy atom. The standard InChI is InChI=1S/C24H29N3O3/c1-15-13-21(30-3)19(23(28)26-15)14-25-24(29)22-16(2)27(17-9-5-4-6-10-17)20-12-8-7-11-18(20)22/h7-8,11-13,17H,4-6,9-10,14H2,1-3H3,(H,25,29)(H,26,28). The molecule has 2 heterocycles. The molecule has 0 spiro atoms. The van der Waals surface area contributed by atoms with Crippen LogP contribution in [0.5, 0.6) is 5.75 Å². The van der Waals surface area contributed by atoms with Crippen molar-refractivity contribution in [2.75, 3.05) is 7.11 Å².